The van der Waals surface area contributed by atoms with Gasteiger partial charge >= 0.3 is 12.1 Å². The molecule has 1 aliphatic heterocycles. The molecule has 28 heavy (non-hydrogen) atoms. The number of carbonyl (C=O) groups is 1. The number of hydrogen-bond donors (Lipinski definition) is 1. The Morgan fingerprint density at radius 1 is 1.11 bits per heavy atom. The molecule has 0 amide bonds. The Hall–Kier alpha value is -2.61. The summed E-state index contributed by atoms with van der Waals surface area (Å²) < 4.78 is 63.8. The van der Waals surface area contributed by atoms with Crippen LogP contribution in [0.2, 0.25) is 0 Å². The van der Waals surface area contributed by atoms with E-state index in [9.17, 15) is 22.4 Å². The highest BCUT2D eigenvalue weighted by molar-refractivity contribution is 5.76. The van der Waals surface area contributed by atoms with Crippen LogP contribution in [0.25, 0.3) is 0 Å². The molecular formula is C20H19F4NO3. The van der Waals surface area contributed by atoms with Crippen molar-refractivity contribution in [3.8, 4) is 5.75 Å². The fourth-order valence-corrected chi connectivity index (χ4v) is 3.24. The summed E-state index contributed by atoms with van der Waals surface area (Å²) in [7, 11) is 1.32. The highest BCUT2D eigenvalue weighted by Gasteiger charge is 2.44. The number of nitrogens with one attached hydrogen (secondary N) is 1. The Kier molecular flexibility index (Phi) is 5.88. The summed E-state index contributed by atoms with van der Waals surface area (Å²) in [5, 5.41) is 3.13. The molecule has 3 atom stereocenters. The van der Waals surface area contributed by atoms with Gasteiger partial charge < -0.3 is 9.47 Å². The first-order chi connectivity index (χ1) is 13.3. The normalized spacial score (nSPS) is 20.6. The number of hydrogen-bond acceptors (Lipinski definition) is 4. The second-order valence-corrected chi connectivity index (χ2v) is 6.50. The van der Waals surface area contributed by atoms with Crippen molar-refractivity contribution < 1.29 is 31.8 Å². The van der Waals surface area contributed by atoms with E-state index in [1.165, 1.54) is 31.4 Å². The van der Waals surface area contributed by atoms with Gasteiger partial charge in [-0.25, -0.2) is 4.39 Å². The number of alkyl halides is 3. The maximum Gasteiger partial charge on any atom is 0.429 e. The Morgan fingerprint density at radius 2 is 1.79 bits per heavy atom. The summed E-state index contributed by atoms with van der Waals surface area (Å²) in [6.07, 6.45) is -5.88. The molecule has 3 unspecified atom stereocenters. The fourth-order valence-electron chi connectivity index (χ4n) is 3.24. The Morgan fingerprint density at radius 3 is 2.39 bits per heavy atom. The van der Waals surface area contributed by atoms with Crippen molar-refractivity contribution in [3.05, 3.63) is 65.5 Å². The summed E-state index contributed by atoms with van der Waals surface area (Å²) >= 11 is 0. The monoisotopic (exact) mass is 397 g/mol. The van der Waals surface area contributed by atoms with Crippen LogP contribution in [-0.4, -0.2) is 25.3 Å². The van der Waals surface area contributed by atoms with Crippen LogP contribution >= 0.6 is 0 Å². The SMILES string of the molecule is COC(=O)C1CCC(c2ccc(OC(c3ccccc3F)C(F)(F)F)cc2)N1. The molecule has 0 saturated carbocycles. The number of ether oxygens (including phenoxy) is 2. The number of benzene rings is 2. The zero-order valence-corrected chi connectivity index (χ0v) is 15.0. The van der Waals surface area contributed by atoms with Crippen LogP contribution in [0.5, 0.6) is 5.75 Å². The maximum absolute atomic E-state index is 13.8. The molecule has 2 aromatic carbocycles. The zero-order valence-electron chi connectivity index (χ0n) is 15.0. The molecule has 150 valence electrons. The minimum atomic E-state index is -4.78. The van der Waals surface area contributed by atoms with Crippen LogP contribution in [0.15, 0.2) is 48.5 Å². The summed E-state index contributed by atoms with van der Waals surface area (Å²) in [6, 6.07) is 10.2. The minimum absolute atomic E-state index is 0.0307. The molecule has 3 rings (SSSR count). The van der Waals surface area contributed by atoms with Crippen molar-refractivity contribution in [2.45, 2.75) is 37.2 Å². The van der Waals surface area contributed by atoms with Gasteiger partial charge in [0.2, 0.25) is 6.10 Å². The number of carbonyl (C=O) groups excluding carboxylic acids is 1. The predicted molar refractivity (Wildman–Crippen MR) is 93.2 cm³/mol. The van der Waals surface area contributed by atoms with Gasteiger partial charge in [0.25, 0.3) is 0 Å². The van der Waals surface area contributed by atoms with Crippen LogP contribution in [0.1, 0.15) is 36.1 Å². The molecule has 1 aliphatic rings. The van der Waals surface area contributed by atoms with E-state index >= 15 is 0 Å². The second-order valence-electron chi connectivity index (χ2n) is 6.50. The lowest BCUT2D eigenvalue weighted by molar-refractivity contribution is -0.198. The molecule has 1 N–H and O–H groups in total. The molecule has 1 fully saturated rings. The van der Waals surface area contributed by atoms with Gasteiger partial charge in [-0.05, 0) is 36.6 Å². The van der Waals surface area contributed by atoms with E-state index in [4.69, 9.17) is 9.47 Å². The largest absolute Gasteiger partial charge is 0.476 e. The Balaban J connectivity index is 1.74. The summed E-state index contributed by atoms with van der Waals surface area (Å²) in [6.45, 7) is 0. The lowest BCUT2D eigenvalue weighted by Gasteiger charge is -2.23. The van der Waals surface area contributed by atoms with Gasteiger partial charge in [0, 0.05) is 11.6 Å². The van der Waals surface area contributed by atoms with E-state index in [0.717, 1.165) is 17.7 Å². The quantitative estimate of drug-likeness (QED) is 0.597. The third-order valence-corrected chi connectivity index (χ3v) is 4.65. The van der Waals surface area contributed by atoms with Gasteiger partial charge in [0.05, 0.1) is 7.11 Å². The van der Waals surface area contributed by atoms with E-state index in [0.29, 0.717) is 12.8 Å². The molecule has 0 aliphatic carbocycles. The third kappa shape index (κ3) is 4.44. The van der Waals surface area contributed by atoms with E-state index in [-0.39, 0.29) is 17.8 Å². The fraction of sp³-hybridized carbons (Fsp3) is 0.350. The first-order valence-corrected chi connectivity index (χ1v) is 8.71. The molecule has 0 aromatic heterocycles. The molecule has 0 spiro atoms. The van der Waals surface area contributed by atoms with Crippen LogP contribution in [-0.2, 0) is 9.53 Å². The van der Waals surface area contributed by atoms with Crippen LogP contribution in [0.4, 0.5) is 17.6 Å². The van der Waals surface area contributed by atoms with E-state index in [1.807, 2.05) is 0 Å². The first-order valence-electron chi connectivity index (χ1n) is 8.71. The van der Waals surface area contributed by atoms with Crippen molar-refractivity contribution in [2.75, 3.05) is 7.11 Å². The average molecular weight is 397 g/mol. The molecular weight excluding hydrogens is 378 g/mol. The van der Waals surface area contributed by atoms with E-state index < -0.39 is 29.7 Å². The first kappa shape index (κ1) is 20.1. The summed E-state index contributed by atoms with van der Waals surface area (Å²) in [4.78, 5) is 11.6. The lowest BCUT2D eigenvalue weighted by Crippen LogP contribution is -2.33. The molecule has 4 nitrogen and oxygen atoms in total. The topological polar surface area (TPSA) is 47.6 Å². The molecule has 1 heterocycles. The van der Waals surface area contributed by atoms with Gasteiger partial charge in [-0.15, -0.1) is 0 Å². The Bertz CT molecular complexity index is 823. The van der Waals surface area contributed by atoms with Gasteiger partial charge in [-0.3, -0.25) is 10.1 Å². The number of rotatable bonds is 5. The second kappa shape index (κ2) is 8.18. The van der Waals surface area contributed by atoms with Gasteiger partial charge in [-0.1, -0.05) is 30.3 Å². The van der Waals surface area contributed by atoms with Crippen molar-refractivity contribution in [1.29, 1.82) is 0 Å². The lowest BCUT2D eigenvalue weighted by atomic mass is 10.0. The molecule has 2 aromatic rings. The summed E-state index contributed by atoms with van der Waals surface area (Å²) in [5.74, 6) is -1.36. The highest BCUT2D eigenvalue weighted by atomic mass is 19.4. The summed E-state index contributed by atoms with van der Waals surface area (Å²) in [5.41, 5.74) is 0.241. The van der Waals surface area contributed by atoms with Crippen molar-refractivity contribution in [1.82, 2.24) is 5.32 Å². The molecule has 1 saturated heterocycles. The molecule has 0 bridgehead atoms. The van der Waals surface area contributed by atoms with E-state index in [1.54, 1.807) is 12.1 Å². The molecule has 8 heteroatoms. The zero-order chi connectivity index (χ0) is 20.3. The standard InChI is InChI=1S/C20H19F4NO3/c1-27-19(26)17-11-10-16(25-17)12-6-8-13(9-7-12)28-18(20(22,23)24)14-4-2-3-5-15(14)21/h2-9,16-18,25H,10-11H2,1H3. The Labute approximate surface area is 159 Å². The number of methoxy groups -OCH3 is 1. The third-order valence-electron chi connectivity index (χ3n) is 4.65. The molecule has 0 radical (unpaired) electrons. The minimum Gasteiger partial charge on any atom is -0.476 e. The average Bonchev–Trinajstić information content (AvgIpc) is 3.16. The predicted octanol–water partition coefficient (Wildman–Crippen LogP) is 4.47. The van der Waals surface area contributed by atoms with Gasteiger partial charge in [0.15, 0.2) is 0 Å². The van der Waals surface area contributed by atoms with Gasteiger partial charge in [0.1, 0.15) is 17.6 Å². The van der Waals surface area contributed by atoms with Crippen LogP contribution < -0.4 is 10.1 Å². The number of esters is 1. The van der Waals surface area contributed by atoms with Crippen molar-refractivity contribution in [2.24, 2.45) is 0 Å². The van der Waals surface area contributed by atoms with Crippen molar-refractivity contribution in [3.63, 3.8) is 0 Å². The van der Waals surface area contributed by atoms with Crippen LogP contribution in [0.3, 0.4) is 0 Å². The van der Waals surface area contributed by atoms with E-state index in [2.05, 4.69) is 5.32 Å². The highest BCUT2D eigenvalue weighted by Crippen LogP contribution is 2.38. The van der Waals surface area contributed by atoms with Crippen LogP contribution in [0, 0.1) is 5.82 Å². The number of halogens is 4. The van der Waals surface area contributed by atoms with Gasteiger partial charge in [-0.2, -0.15) is 13.2 Å². The van der Waals surface area contributed by atoms with Crippen molar-refractivity contribution >= 4 is 5.97 Å². The smallest absolute Gasteiger partial charge is 0.429 e. The maximum atomic E-state index is 13.8.